The van der Waals surface area contributed by atoms with E-state index in [1.165, 1.54) is 0 Å². The van der Waals surface area contributed by atoms with Crippen molar-refractivity contribution >= 4 is 5.97 Å². The second kappa shape index (κ2) is 6.88. The van der Waals surface area contributed by atoms with Crippen LogP contribution in [0.4, 0.5) is 0 Å². The van der Waals surface area contributed by atoms with Crippen molar-refractivity contribution in [2.45, 2.75) is 33.1 Å². The SMILES string of the molecule is CCCCOc1ccc(-n2nnc(C(=O)O)c2CC)cc1. The first-order valence-electron chi connectivity index (χ1n) is 7.08. The van der Waals surface area contributed by atoms with E-state index in [4.69, 9.17) is 9.84 Å². The number of aromatic carboxylic acids is 1. The number of aromatic nitrogens is 3. The molecule has 2 rings (SSSR count). The molecule has 0 saturated carbocycles. The summed E-state index contributed by atoms with van der Waals surface area (Å²) in [6, 6.07) is 7.40. The van der Waals surface area contributed by atoms with Crippen LogP contribution in [0.1, 0.15) is 42.9 Å². The number of hydrogen-bond acceptors (Lipinski definition) is 4. The summed E-state index contributed by atoms with van der Waals surface area (Å²) in [6.07, 6.45) is 2.66. The highest BCUT2D eigenvalue weighted by Crippen LogP contribution is 2.18. The van der Waals surface area contributed by atoms with Gasteiger partial charge in [-0.2, -0.15) is 0 Å². The van der Waals surface area contributed by atoms with Crippen LogP contribution in [-0.2, 0) is 6.42 Å². The molecule has 6 heteroatoms. The van der Waals surface area contributed by atoms with E-state index in [0.29, 0.717) is 18.7 Å². The molecule has 0 aliphatic carbocycles. The van der Waals surface area contributed by atoms with Crippen molar-refractivity contribution in [1.82, 2.24) is 15.0 Å². The monoisotopic (exact) mass is 289 g/mol. The number of carboxylic acids is 1. The molecule has 0 spiro atoms. The minimum absolute atomic E-state index is 0.000715. The van der Waals surface area contributed by atoms with E-state index in [1.54, 1.807) is 4.68 Å². The largest absolute Gasteiger partial charge is 0.494 e. The molecule has 0 aliphatic heterocycles. The molecule has 0 radical (unpaired) electrons. The van der Waals surface area contributed by atoms with Crippen LogP contribution < -0.4 is 4.74 Å². The number of unbranched alkanes of at least 4 members (excludes halogenated alkanes) is 1. The lowest BCUT2D eigenvalue weighted by molar-refractivity contribution is 0.0689. The number of nitrogens with zero attached hydrogens (tertiary/aromatic N) is 3. The molecule has 0 aliphatic rings. The summed E-state index contributed by atoms with van der Waals surface area (Å²) >= 11 is 0. The third-order valence-electron chi connectivity index (χ3n) is 3.15. The fraction of sp³-hybridized carbons (Fsp3) is 0.400. The Morgan fingerprint density at radius 3 is 2.57 bits per heavy atom. The Morgan fingerprint density at radius 1 is 1.29 bits per heavy atom. The van der Waals surface area contributed by atoms with Crippen LogP contribution in [0.2, 0.25) is 0 Å². The number of benzene rings is 1. The number of hydrogen-bond donors (Lipinski definition) is 1. The Balaban J connectivity index is 2.21. The second-order valence-electron chi connectivity index (χ2n) is 4.65. The maximum Gasteiger partial charge on any atom is 0.358 e. The van der Waals surface area contributed by atoms with E-state index in [1.807, 2.05) is 31.2 Å². The van der Waals surface area contributed by atoms with Crippen molar-refractivity contribution in [2.75, 3.05) is 6.61 Å². The van der Waals surface area contributed by atoms with E-state index in [2.05, 4.69) is 17.2 Å². The first kappa shape index (κ1) is 15.0. The van der Waals surface area contributed by atoms with Crippen molar-refractivity contribution in [2.24, 2.45) is 0 Å². The maximum atomic E-state index is 11.1. The Labute approximate surface area is 123 Å². The zero-order valence-corrected chi connectivity index (χ0v) is 12.2. The molecule has 0 bridgehead atoms. The molecule has 0 fully saturated rings. The summed E-state index contributed by atoms with van der Waals surface area (Å²) in [4.78, 5) is 11.1. The first-order valence-corrected chi connectivity index (χ1v) is 7.08. The van der Waals surface area contributed by atoms with Crippen LogP contribution in [0, 0.1) is 0 Å². The van der Waals surface area contributed by atoms with Gasteiger partial charge in [0, 0.05) is 0 Å². The fourth-order valence-corrected chi connectivity index (χ4v) is 2.01. The Morgan fingerprint density at radius 2 is 2.00 bits per heavy atom. The molecular formula is C15H19N3O3. The average molecular weight is 289 g/mol. The molecule has 1 aromatic heterocycles. The van der Waals surface area contributed by atoms with Crippen molar-refractivity contribution in [3.8, 4) is 11.4 Å². The van der Waals surface area contributed by atoms with Crippen LogP contribution in [0.25, 0.3) is 5.69 Å². The molecule has 1 N–H and O–H groups in total. The molecular weight excluding hydrogens is 270 g/mol. The van der Waals surface area contributed by atoms with Gasteiger partial charge >= 0.3 is 5.97 Å². The number of carboxylic acid groups (broad SMARTS) is 1. The van der Waals surface area contributed by atoms with Gasteiger partial charge in [-0.15, -0.1) is 5.10 Å². The Kier molecular flexibility index (Phi) is 4.92. The Hall–Kier alpha value is -2.37. The maximum absolute atomic E-state index is 11.1. The topological polar surface area (TPSA) is 77.2 Å². The lowest BCUT2D eigenvalue weighted by atomic mass is 10.2. The summed E-state index contributed by atoms with van der Waals surface area (Å²) in [6.45, 7) is 4.69. The standard InChI is InChI=1S/C15H19N3O3/c1-3-5-10-21-12-8-6-11(7-9-12)18-13(4-2)14(15(19)20)16-17-18/h6-9H,3-5,10H2,1-2H3,(H,19,20). The highest BCUT2D eigenvalue weighted by atomic mass is 16.5. The molecule has 21 heavy (non-hydrogen) atoms. The summed E-state index contributed by atoms with van der Waals surface area (Å²) < 4.78 is 7.15. The molecule has 0 atom stereocenters. The third-order valence-corrected chi connectivity index (χ3v) is 3.15. The minimum atomic E-state index is -1.06. The molecule has 0 unspecified atom stereocenters. The highest BCUT2D eigenvalue weighted by molar-refractivity contribution is 5.86. The zero-order chi connectivity index (χ0) is 15.2. The van der Waals surface area contributed by atoms with Crippen molar-refractivity contribution < 1.29 is 14.6 Å². The average Bonchev–Trinajstić information content (AvgIpc) is 2.92. The minimum Gasteiger partial charge on any atom is -0.494 e. The molecule has 1 heterocycles. The zero-order valence-electron chi connectivity index (χ0n) is 12.2. The molecule has 2 aromatic rings. The smallest absolute Gasteiger partial charge is 0.358 e. The number of ether oxygens (including phenoxy) is 1. The van der Waals surface area contributed by atoms with E-state index < -0.39 is 5.97 Å². The quantitative estimate of drug-likeness (QED) is 0.793. The van der Waals surface area contributed by atoms with Crippen molar-refractivity contribution in [1.29, 1.82) is 0 Å². The number of carbonyl (C=O) groups is 1. The van der Waals surface area contributed by atoms with E-state index >= 15 is 0 Å². The van der Waals surface area contributed by atoms with Gasteiger partial charge in [-0.25, -0.2) is 9.48 Å². The van der Waals surface area contributed by atoms with Crippen LogP contribution >= 0.6 is 0 Å². The molecule has 1 aromatic carbocycles. The van der Waals surface area contributed by atoms with Crippen LogP contribution in [0.3, 0.4) is 0 Å². The van der Waals surface area contributed by atoms with Gasteiger partial charge in [0.2, 0.25) is 0 Å². The summed E-state index contributed by atoms with van der Waals surface area (Å²) in [5.74, 6) is -0.263. The van der Waals surface area contributed by atoms with Gasteiger partial charge in [-0.05, 0) is 37.1 Å². The molecule has 6 nitrogen and oxygen atoms in total. The lowest BCUT2D eigenvalue weighted by Crippen LogP contribution is -2.06. The van der Waals surface area contributed by atoms with Gasteiger partial charge in [0.1, 0.15) is 5.75 Å². The van der Waals surface area contributed by atoms with Crippen LogP contribution in [0.5, 0.6) is 5.75 Å². The normalized spacial score (nSPS) is 10.6. The predicted molar refractivity (Wildman–Crippen MR) is 78.1 cm³/mol. The van der Waals surface area contributed by atoms with Crippen LogP contribution in [-0.4, -0.2) is 32.7 Å². The van der Waals surface area contributed by atoms with Crippen molar-refractivity contribution in [3.63, 3.8) is 0 Å². The summed E-state index contributed by atoms with van der Waals surface area (Å²) in [7, 11) is 0. The van der Waals surface area contributed by atoms with E-state index in [-0.39, 0.29) is 5.69 Å². The van der Waals surface area contributed by atoms with Gasteiger partial charge < -0.3 is 9.84 Å². The molecule has 112 valence electrons. The van der Waals surface area contributed by atoms with Gasteiger partial charge in [-0.1, -0.05) is 25.5 Å². The third kappa shape index (κ3) is 3.39. The predicted octanol–water partition coefficient (Wildman–Crippen LogP) is 2.71. The Bertz CT molecular complexity index is 605. The molecule has 0 saturated heterocycles. The van der Waals surface area contributed by atoms with E-state index in [9.17, 15) is 4.79 Å². The van der Waals surface area contributed by atoms with Gasteiger partial charge in [0.15, 0.2) is 5.69 Å². The van der Waals surface area contributed by atoms with E-state index in [0.717, 1.165) is 24.3 Å². The number of rotatable bonds is 7. The lowest BCUT2D eigenvalue weighted by Gasteiger charge is -2.08. The summed E-state index contributed by atoms with van der Waals surface area (Å²) in [5.41, 5.74) is 1.36. The van der Waals surface area contributed by atoms with Crippen LogP contribution in [0.15, 0.2) is 24.3 Å². The van der Waals surface area contributed by atoms with Crippen molar-refractivity contribution in [3.05, 3.63) is 35.7 Å². The molecule has 0 amide bonds. The fourth-order valence-electron chi connectivity index (χ4n) is 2.01. The highest BCUT2D eigenvalue weighted by Gasteiger charge is 2.18. The van der Waals surface area contributed by atoms with Gasteiger partial charge in [-0.3, -0.25) is 0 Å². The van der Waals surface area contributed by atoms with Gasteiger partial charge in [0.25, 0.3) is 0 Å². The summed E-state index contributed by atoms with van der Waals surface area (Å²) in [5, 5.41) is 16.7. The second-order valence-corrected chi connectivity index (χ2v) is 4.65. The first-order chi connectivity index (χ1) is 10.2. The van der Waals surface area contributed by atoms with Gasteiger partial charge in [0.05, 0.1) is 18.0 Å².